The van der Waals surface area contributed by atoms with E-state index in [0.717, 1.165) is 23.5 Å². The first-order chi connectivity index (χ1) is 10.2. The Morgan fingerprint density at radius 3 is 3.10 bits per heavy atom. The van der Waals surface area contributed by atoms with Crippen LogP contribution in [0.5, 0.6) is 0 Å². The van der Waals surface area contributed by atoms with Crippen LogP contribution in [0.3, 0.4) is 0 Å². The molecule has 7 atom stereocenters. The van der Waals surface area contributed by atoms with Crippen LogP contribution >= 0.6 is 0 Å². The van der Waals surface area contributed by atoms with Crippen LogP contribution in [-0.2, 0) is 0 Å². The van der Waals surface area contributed by atoms with Gasteiger partial charge in [-0.2, -0.15) is 0 Å². The highest BCUT2D eigenvalue weighted by molar-refractivity contribution is 5.53. The van der Waals surface area contributed by atoms with Crippen LogP contribution in [0.1, 0.15) is 49.8 Å². The molecule has 3 saturated carbocycles. The van der Waals surface area contributed by atoms with E-state index >= 15 is 0 Å². The van der Waals surface area contributed by atoms with Gasteiger partial charge < -0.3 is 9.52 Å². The van der Waals surface area contributed by atoms with Gasteiger partial charge in [0.15, 0.2) is 0 Å². The van der Waals surface area contributed by atoms with Gasteiger partial charge in [-0.15, -0.1) is 0 Å². The predicted octanol–water partition coefficient (Wildman–Crippen LogP) is 4.07. The smallest absolute Gasteiger partial charge is 0.129 e. The lowest BCUT2D eigenvalue weighted by molar-refractivity contribution is 0.00492. The maximum Gasteiger partial charge on any atom is 0.129 e. The molecule has 5 rings (SSSR count). The third kappa shape index (κ3) is 1.47. The molecule has 112 valence electrons. The van der Waals surface area contributed by atoms with Crippen molar-refractivity contribution < 1.29 is 9.52 Å². The average molecular weight is 284 g/mol. The van der Waals surface area contributed by atoms with Crippen LogP contribution < -0.4 is 0 Å². The molecule has 4 aliphatic carbocycles. The predicted molar refractivity (Wildman–Crippen MR) is 81.6 cm³/mol. The Bertz CT molecular complexity index is 596. The highest BCUT2D eigenvalue weighted by Crippen LogP contribution is 2.71. The Morgan fingerprint density at radius 2 is 2.24 bits per heavy atom. The molecule has 0 spiro atoms. The normalized spacial score (nSPS) is 49.8. The lowest BCUT2D eigenvalue weighted by atomic mass is 9.52. The van der Waals surface area contributed by atoms with E-state index in [0.29, 0.717) is 29.8 Å². The molecule has 1 aromatic rings. The van der Waals surface area contributed by atoms with Crippen LogP contribution in [0.15, 0.2) is 22.8 Å². The molecule has 0 bridgehead atoms. The molecule has 1 N–H and O–H groups in total. The molecule has 0 saturated heterocycles. The van der Waals surface area contributed by atoms with Crippen molar-refractivity contribution in [3.8, 4) is 0 Å². The summed E-state index contributed by atoms with van der Waals surface area (Å²) in [6.45, 7) is 2.94. The van der Waals surface area contributed by atoms with Crippen LogP contribution in [0.2, 0.25) is 0 Å². The van der Waals surface area contributed by atoms with E-state index in [1.807, 2.05) is 6.26 Å². The fraction of sp³-hybridized carbons (Fsp3) is 0.684. The van der Waals surface area contributed by atoms with Crippen molar-refractivity contribution in [2.45, 2.75) is 38.5 Å². The molecule has 0 aromatic carbocycles. The highest BCUT2D eigenvalue weighted by atomic mass is 16.3. The third-order valence-electron chi connectivity index (χ3n) is 7.48. The molecular formula is C19H24O2. The van der Waals surface area contributed by atoms with E-state index in [1.165, 1.54) is 31.2 Å². The molecule has 4 aliphatic rings. The zero-order valence-corrected chi connectivity index (χ0v) is 12.7. The fourth-order valence-electron chi connectivity index (χ4n) is 6.54. The summed E-state index contributed by atoms with van der Waals surface area (Å²) >= 11 is 0. The van der Waals surface area contributed by atoms with Crippen molar-refractivity contribution in [1.29, 1.82) is 0 Å². The largest absolute Gasteiger partial charge is 0.465 e. The molecule has 21 heavy (non-hydrogen) atoms. The molecule has 5 unspecified atom stereocenters. The first-order valence-corrected chi connectivity index (χ1v) is 8.60. The van der Waals surface area contributed by atoms with Crippen molar-refractivity contribution in [3.05, 3.63) is 29.7 Å². The van der Waals surface area contributed by atoms with E-state index in [2.05, 4.69) is 25.1 Å². The van der Waals surface area contributed by atoms with Gasteiger partial charge in [0.05, 0.1) is 6.26 Å². The minimum absolute atomic E-state index is 0.410. The molecule has 2 nitrogen and oxygen atoms in total. The summed E-state index contributed by atoms with van der Waals surface area (Å²) < 4.78 is 5.61. The summed E-state index contributed by atoms with van der Waals surface area (Å²) in [7, 11) is 0. The van der Waals surface area contributed by atoms with Crippen LogP contribution in [0.4, 0.5) is 0 Å². The van der Waals surface area contributed by atoms with Gasteiger partial charge in [-0.25, -0.2) is 0 Å². The first-order valence-electron chi connectivity index (χ1n) is 8.60. The van der Waals surface area contributed by atoms with E-state index in [4.69, 9.17) is 4.42 Å². The van der Waals surface area contributed by atoms with Gasteiger partial charge in [-0.3, -0.25) is 0 Å². The van der Waals surface area contributed by atoms with Gasteiger partial charge in [0.25, 0.3) is 0 Å². The molecule has 1 heterocycles. The molecule has 1 aromatic heterocycles. The summed E-state index contributed by atoms with van der Waals surface area (Å²) in [6, 6.07) is 2.19. The van der Waals surface area contributed by atoms with Crippen molar-refractivity contribution in [1.82, 2.24) is 0 Å². The molecule has 0 radical (unpaired) electrons. The number of aliphatic hydroxyl groups excluding tert-OH is 1. The van der Waals surface area contributed by atoms with Crippen molar-refractivity contribution in [2.75, 3.05) is 6.61 Å². The number of fused-ring (bicyclic) bond motifs is 7. The zero-order valence-electron chi connectivity index (χ0n) is 12.7. The topological polar surface area (TPSA) is 33.4 Å². The van der Waals surface area contributed by atoms with Crippen molar-refractivity contribution in [2.24, 2.45) is 35.0 Å². The maximum absolute atomic E-state index is 9.65. The van der Waals surface area contributed by atoms with E-state index in [9.17, 15) is 5.11 Å². The molecule has 2 heteroatoms. The molecular weight excluding hydrogens is 260 g/mol. The second-order valence-electron chi connectivity index (χ2n) is 8.05. The minimum Gasteiger partial charge on any atom is -0.465 e. The van der Waals surface area contributed by atoms with Gasteiger partial charge in [-0.05, 0) is 78.7 Å². The van der Waals surface area contributed by atoms with Gasteiger partial charge in [-0.1, -0.05) is 13.0 Å². The van der Waals surface area contributed by atoms with E-state index in [1.54, 1.807) is 0 Å². The standard InChI is InChI=1S/C19H24O2/c1-19-8-6-11-12(3-5-17-13(11)7-9-21-17)16(19)4-2-14-15(10-20)18(14)19/h3,5,7,9,11-12,14-16,18,20H,2,4,6,8,10H2,1H3/t11?,12?,14-,15?,16?,18?,19-/m1/s1. The summed E-state index contributed by atoms with van der Waals surface area (Å²) in [4.78, 5) is 0. The number of furan rings is 1. The van der Waals surface area contributed by atoms with Gasteiger partial charge in [0.2, 0.25) is 0 Å². The Kier molecular flexibility index (Phi) is 2.41. The van der Waals surface area contributed by atoms with Gasteiger partial charge >= 0.3 is 0 Å². The first kappa shape index (κ1) is 12.5. The SMILES string of the molecule is C[C@@]12CCC3c4ccoc4C=CC3C1CC[C@@H]1C(CO)C12. The number of hydrogen-bond acceptors (Lipinski definition) is 2. The van der Waals surface area contributed by atoms with Crippen LogP contribution in [-0.4, -0.2) is 11.7 Å². The highest BCUT2D eigenvalue weighted by Gasteiger charge is 2.65. The minimum atomic E-state index is 0.410. The Morgan fingerprint density at radius 1 is 1.33 bits per heavy atom. The summed E-state index contributed by atoms with van der Waals surface area (Å²) in [6.07, 6.45) is 11.8. The number of aliphatic hydroxyl groups is 1. The van der Waals surface area contributed by atoms with Crippen LogP contribution in [0, 0.1) is 35.0 Å². The second-order valence-corrected chi connectivity index (χ2v) is 8.05. The van der Waals surface area contributed by atoms with Crippen LogP contribution in [0.25, 0.3) is 6.08 Å². The monoisotopic (exact) mass is 284 g/mol. The average Bonchev–Trinajstić information content (AvgIpc) is 3.03. The lowest BCUT2D eigenvalue weighted by Crippen LogP contribution is -2.44. The fourth-order valence-corrected chi connectivity index (χ4v) is 6.54. The molecule has 0 amide bonds. The van der Waals surface area contributed by atoms with Gasteiger partial charge in [0.1, 0.15) is 5.76 Å². The molecule has 3 fully saturated rings. The molecule has 0 aliphatic heterocycles. The quantitative estimate of drug-likeness (QED) is 0.843. The van der Waals surface area contributed by atoms with E-state index in [-0.39, 0.29) is 0 Å². The van der Waals surface area contributed by atoms with E-state index < -0.39 is 0 Å². The Hall–Kier alpha value is -1.02. The summed E-state index contributed by atoms with van der Waals surface area (Å²) in [5.74, 6) is 5.47. The Labute approximate surface area is 126 Å². The zero-order chi connectivity index (χ0) is 14.2. The summed E-state index contributed by atoms with van der Waals surface area (Å²) in [5.41, 5.74) is 1.91. The number of allylic oxidation sites excluding steroid dienone is 1. The van der Waals surface area contributed by atoms with Gasteiger partial charge in [0, 0.05) is 12.2 Å². The number of hydrogen-bond donors (Lipinski definition) is 1. The summed E-state index contributed by atoms with van der Waals surface area (Å²) in [5, 5.41) is 9.65. The lowest BCUT2D eigenvalue weighted by Gasteiger charge is -2.52. The second kappa shape index (κ2) is 4.04. The van der Waals surface area contributed by atoms with Crippen molar-refractivity contribution >= 4 is 6.08 Å². The maximum atomic E-state index is 9.65. The van der Waals surface area contributed by atoms with Crippen molar-refractivity contribution in [3.63, 3.8) is 0 Å². The Balaban J connectivity index is 1.52. The number of rotatable bonds is 1. The third-order valence-corrected chi connectivity index (χ3v) is 7.48.